The topological polar surface area (TPSA) is 127 Å². The molecule has 1 fully saturated rings. The first-order valence-corrected chi connectivity index (χ1v) is 12.3. The van der Waals surface area contributed by atoms with Gasteiger partial charge in [0.25, 0.3) is 0 Å². The maximum Gasteiger partial charge on any atom is 0.417 e. The molecule has 0 saturated heterocycles. The predicted octanol–water partition coefficient (Wildman–Crippen LogP) is 3.99. The Kier molecular flexibility index (Phi) is 6.70. The summed E-state index contributed by atoms with van der Waals surface area (Å²) in [6.45, 7) is 1.78. The number of rotatable bonds is 8. The number of anilines is 2. The average molecular weight is 507 g/mol. The minimum atomic E-state index is -4.52. The predicted molar refractivity (Wildman–Crippen MR) is 122 cm³/mol. The van der Waals surface area contributed by atoms with E-state index >= 15 is 0 Å². The zero-order chi connectivity index (χ0) is 25.2. The van der Waals surface area contributed by atoms with Crippen LogP contribution in [0.5, 0.6) is 0 Å². The van der Waals surface area contributed by atoms with Crippen LogP contribution in [0.2, 0.25) is 0 Å². The summed E-state index contributed by atoms with van der Waals surface area (Å²) in [7, 11) is -3.55. The van der Waals surface area contributed by atoms with Crippen LogP contribution in [0.4, 0.5) is 24.9 Å². The highest BCUT2D eigenvalue weighted by Gasteiger charge is 2.36. The Labute approximate surface area is 199 Å². The number of nitrogens with zero attached hydrogens (tertiary/aromatic N) is 4. The Morgan fingerprint density at radius 2 is 1.89 bits per heavy atom. The van der Waals surface area contributed by atoms with Crippen LogP contribution in [0.3, 0.4) is 0 Å². The lowest BCUT2D eigenvalue weighted by Crippen LogP contribution is -2.23. The first kappa shape index (κ1) is 24.5. The minimum absolute atomic E-state index is 0.0992. The third kappa shape index (κ3) is 5.91. The van der Waals surface area contributed by atoms with Crippen LogP contribution in [0.1, 0.15) is 43.4 Å². The highest BCUT2D eigenvalue weighted by Crippen LogP contribution is 2.32. The first-order chi connectivity index (χ1) is 16.6. The van der Waals surface area contributed by atoms with E-state index in [1.165, 1.54) is 36.8 Å². The third-order valence-electron chi connectivity index (χ3n) is 5.37. The number of nitrogens with one attached hydrogen (secondary N) is 2. The number of halogens is 3. The van der Waals surface area contributed by atoms with Crippen molar-refractivity contribution in [2.24, 2.45) is 0 Å². The highest BCUT2D eigenvalue weighted by molar-refractivity contribution is 7.93. The number of carbonyl (C=O) groups excluding carboxylic acids is 1. The second kappa shape index (κ2) is 9.56. The number of hydrogen-bond donors (Lipinski definition) is 2. The van der Waals surface area contributed by atoms with Crippen LogP contribution in [-0.4, -0.2) is 39.5 Å². The number of aromatic nitrogens is 4. The molecule has 3 aromatic rings. The summed E-state index contributed by atoms with van der Waals surface area (Å²) in [5, 5.41) is 2.21. The summed E-state index contributed by atoms with van der Waals surface area (Å²) in [5.74, 6) is -1.04. The van der Waals surface area contributed by atoms with E-state index in [4.69, 9.17) is 0 Å². The maximum absolute atomic E-state index is 12.9. The van der Waals surface area contributed by atoms with Crippen molar-refractivity contribution in [3.05, 3.63) is 60.3 Å². The van der Waals surface area contributed by atoms with Gasteiger partial charge < -0.3 is 5.32 Å². The largest absolute Gasteiger partial charge is 0.417 e. The summed E-state index contributed by atoms with van der Waals surface area (Å²) in [5.41, 5.74) is 0.0952. The second-order valence-corrected chi connectivity index (χ2v) is 9.95. The molecule has 1 unspecified atom stereocenters. The Morgan fingerprint density at radius 1 is 1.11 bits per heavy atom. The van der Waals surface area contributed by atoms with Gasteiger partial charge in [-0.15, -0.1) is 0 Å². The van der Waals surface area contributed by atoms with Crippen LogP contribution < -0.4 is 10.0 Å². The van der Waals surface area contributed by atoms with Crippen molar-refractivity contribution < 1.29 is 26.4 Å². The van der Waals surface area contributed by atoms with Gasteiger partial charge in [-0.05, 0) is 43.5 Å². The van der Waals surface area contributed by atoms with Crippen molar-refractivity contribution in [2.75, 3.05) is 10.0 Å². The number of amides is 1. The molecule has 0 spiro atoms. The lowest BCUT2D eigenvalue weighted by Gasteiger charge is -2.15. The van der Waals surface area contributed by atoms with Crippen LogP contribution >= 0.6 is 0 Å². The molecule has 13 heteroatoms. The van der Waals surface area contributed by atoms with Crippen molar-refractivity contribution >= 4 is 27.7 Å². The Balaban J connectivity index is 1.47. The van der Waals surface area contributed by atoms with Gasteiger partial charge in [0.1, 0.15) is 5.82 Å². The van der Waals surface area contributed by atoms with Crippen molar-refractivity contribution in [2.45, 2.75) is 43.5 Å². The van der Waals surface area contributed by atoms with Crippen LogP contribution in [0.15, 0.2) is 49.1 Å². The van der Waals surface area contributed by atoms with E-state index in [2.05, 4.69) is 30.0 Å². The molecular formula is C22H21F3N6O3S. The quantitative estimate of drug-likeness (QED) is 0.473. The number of hydrogen-bond acceptors (Lipinski definition) is 7. The molecule has 1 amide bonds. The molecule has 1 saturated carbocycles. The minimum Gasteiger partial charge on any atom is -0.310 e. The molecule has 3 heterocycles. The van der Waals surface area contributed by atoms with E-state index < -0.39 is 38.8 Å². The molecule has 3 aromatic heterocycles. The van der Waals surface area contributed by atoms with Gasteiger partial charge in [-0.25, -0.2) is 23.4 Å². The number of sulfonamides is 1. The summed E-state index contributed by atoms with van der Waals surface area (Å²) >= 11 is 0. The van der Waals surface area contributed by atoms with Gasteiger partial charge in [0.15, 0.2) is 0 Å². The summed E-state index contributed by atoms with van der Waals surface area (Å²) < 4.78 is 65.5. The van der Waals surface area contributed by atoms with Crippen molar-refractivity contribution in [3.63, 3.8) is 0 Å². The molecule has 1 atom stereocenters. The van der Waals surface area contributed by atoms with E-state index in [0.29, 0.717) is 30.5 Å². The molecule has 1 aliphatic carbocycles. The zero-order valence-electron chi connectivity index (χ0n) is 18.5. The molecule has 35 heavy (non-hydrogen) atoms. The van der Waals surface area contributed by atoms with E-state index in [9.17, 15) is 26.4 Å². The third-order valence-corrected chi connectivity index (χ3v) is 7.19. The van der Waals surface area contributed by atoms with E-state index in [1.54, 1.807) is 6.92 Å². The SMILES string of the molecule is CCC(C(=O)Nc1ccc(-c2cncc(C(F)(F)F)c2)cn1)c1ccnc(NS(=O)(=O)C2CC2)n1. The fourth-order valence-electron chi connectivity index (χ4n) is 3.34. The number of carbonyl (C=O) groups is 1. The van der Waals surface area contributed by atoms with Crippen molar-refractivity contribution in [1.29, 1.82) is 0 Å². The van der Waals surface area contributed by atoms with Gasteiger partial charge in [-0.2, -0.15) is 13.2 Å². The molecule has 0 aromatic carbocycles. The van der Waals surface area contributed by atoms with Crippen molar-refractivity contribution in [1.82, 2.24) is 19.9 Å². The Bertz CT molecular complexity index is 1330. The smallest absolute Gasteiger partial charge is 0.310 e. The van der Waals surface area contributed by atoms with E-state index in [-0.39, 0.29) is 17.3 Å². The number of pyridine rings is 2. The zero-order valence-corrected chi connectivity index (χ0v) is 19.3. The molecule has 4 rings (SSSR count). The molecule has 9 nitrogen and oxygen atoms in total. The Hall–Kier alpha value is -3.61. The van der Waals surface area contributed by atoms with Crippen LogP contribution in [0, 0.1) is 0 Å². The van der Waals surface area contributed by atoms with E-state index in [0.717, 1.165) is 12.3 Å². The Morgan fingerprint density at radius 3 is 2.51 bits per heavy atom. The number of alkyl halides is 3. The van der Waals surface area contributed by atoms with Crippen molar-refractivity contribution in [3.8, 4) is 11.1 Å². The second-order valence-electron chi connectivity index (χ2n) is 7.99. The lowest BCUT2D eigenvalue weighted by molar-refractivity contribution is -0.137. The molecule has 0 radical (unpaired) electrons. The van der Waals surface area contributed by atoms with Crippen LogP contribution in [-0.2, 0) is 21.0 Å². The van der Waals surface area contributed by atoms with Crippen LogP contribution in [0.25, 0.3) is 11.1 Å². The van der Waals surface area contributed by atoms with Gasteiger partial charge >= 0.3 is 6.18 Å². The molecule has 184 valence electrons. The van der Waals surface area contributed by atoms with Gasteiger partial charge in [0.2, 0.25) is 21.9 Å². The summed E-state index contributed by atoms with van der Waals surface area (Å²) in [6.07, 6.45) is 1.77. The standard InChI is InChI=1S/C22H21F3N6O3S/c1-2-17(18-7-8-27-21(29-18)31-35(33,34)16-4-5-16)20(32)30-19-6-3-13(11-28-19)14-9-15(12-26-10-14)22(23,24)25/h3,6-12,16-17H,2,4-5H2,1H3,(H,27,29,31)(H,28,30,32). The lowest BCUT2D eigenvalue weighted by atomic mass is 10.0. The molecule has 0 aliphatic heterocycles. The van der Waals surface area contributed by atoms with Gasteiger partial charge in [0.05, 0.1) is 22.4 Å². The molecular weight excluding hydrogens is 485 g/mol. The molecule has 2 N–H and O–H groups in total. The average Bonchev–Trinajstić information content (AvgIpc) is 3.66. The molecule has 0 bridgehead atoms. The molecule has 1 aliphatic rings. The highest BCUT2D eigenvalue weighted by atomic mass is 32.2. The fourth-order valence-corrected chi connectivity index (χ4v) is 4.61. The fraction of sp³-hybridized carbons (Fsp3) is 0.318. The van der Waals surface area contributed by atoms with E-state index in [1.807, 2.05) is 0 Å². The first-order valence-electron chi connectivity index (χ1n) is 10.7. The monoisotopic (exact) mass is 506 g/mol. The van der Waals surface area contributed by atoms with Gasteiger partial charge in [-0.3, -0.25) is 14.5 Å². The van der Waals surface area contributed by atoms with Gasteiger partial charge in [-0.1, -0.05) is 6.92 Å². The van der Waals surface area contributed by atoms with Gasteiger partial charge in [0, 0.05) is 35.9 Å². The summed E-state index contributed by atoms with van der Waals surface area (Å²) in [6, 6.07) is 5.49. The summed E-state index contributed by atoms with van der Waals surface area (Å²) in [4.78, 5) is 28.8. The normalized spacial score (nSPS) is 14.9. The maximum atomic E-state index is 12.9.